The monoisotopic (exact) mass is 341 g/mol. The van der Waals surface area contributed by atoms with Crippen LogP contribution in [0.5, 0.6) is 11.6 Å². The minimum absolute atomic E-state index is 0.0325. The minimum Gasteiger partial charge on any atom is -0.474 e. The highest BCUT2D eigenvalue weighted by molar-refractivity contribution is 5.94. The second-order valence-corrected chi connectivity index (χ2v) is 5.78. The molecule has 0 atom stereocenters. The van der Waals surface area contributed by atoms with Crippen molar-refractivity contribution in [1.29, 1.82) is 0 Å². The molecule has 1 aromatic heterocycles. The minimum atomic E-state index is -0.384. The molecule has 2 heterocycles. The van der Waals surface area contributed by atoms with Gasteiger partial charge in [0.05, 0.1) is 0 Å². The van der Waals surface area contributed by atoms with Crippen LogP contribution in [0.15, 0.2) is 42.9 Å². The molecule has 25 heavy (non-hydrogen) atoms. The second-order valence-electron chi connectivity index (χ2n) is 5.78. The van der Waals surface area contributed by atoms with Crippen LogP contribution in [0.1, 0.15) is 30.1 Å². The maximum atomic E-state index is 12.6. The van der Waals surface area contributed by atoms with E-state index in [-0.39, 0.29) is 18.0 Å². The second kappa shape index (κ2) is 7.74. The summed E-state index contributed by atoms with van der Waals surface area (Å²) in [5.41, 5.74) is 0.575. The van der Waals surface area contributed by atoms with Gasteiger partial charge in [0.2, 0.25) is 5.88 Å². The molecule has 1 aromatic carbocycles. The van der Waals surface area contributed by atoms with Crippen molar-refractivity contribution >= 4 is 11.9 Å². The first-order chi connectivity index (χ1) is 12.1. The summed E-state index contributed by atoms with van der Waals surface area (Å²) >= 11 is 0. The molecule has 0 unspecified atom stereocenters. The van der Waals surface area contributed by atoms with Gasteiger partial charge >= 0.3 is 5.97 Å². The van der Waals surface area contributed by atoms with E-state index in [1.807, 2.05) is 0 Å². The largest absolute Gasteiger partial charge is 0.474 e. The van der Waals surface area contributed by atoms with Gasteiger partial charge in [0, 0.05) is 50.7 Å². The van der Waals surface area contributed by atoms with E-state index in [4.69, 9.17) is 9.47 Å². The average Bonchev–Trinajstić information content (AvgIpc) is 2.63. The smallest absolute Gasteiger partial charge is 0.308 e. The van der Waals surface area contributed by atoms with Gasteiger partial charge < -0.3 is 14.4 Å². The number of carbonyl (C=O) groups excluding carboxylic acids is 2. The zero-order valence-corrected chi connectivity index (χ0v) is 13.9. The van der Waals surface area contributed by atoms with E-state index >= 15 is 0 Å². The van der Waals surface area contributed by atoms with Gasteiger partial charge in [-0.25, -0.2) is 9.97 Å². The van der Waals surface area contributed by atoms with E-state index in [0.29, 0.717) is 30.3 Å². The predicted octanol–water partition coefficient (Wildman–Crippen LogP) is 2.09. The number of hydrogen-bond donors (Lipinski definition) is 0. The zero-order valence-electron chi connectivity index (χ0n) is 13.9. The Morgan fingerprint density at radius 3 is 2.44 bits per heavy atom. The molecule has 0 aliphatic carbocycles. The molecule has 7 heteroatoms. The molecular weight excluding hydrogens is 322 g/mol. The van der Waals surface area contributed by atoms with Crippen molar-refractivity contribution < 1.29 is 19.1 Å². The number of benzene rings is 1. The number of esters is 1. The number of likely N-dealkylation sites (tertiary alicyclic amines) is 1. The number of piperidine rings is 1. The summed E-state index contributed by atoms with van der Waals surface area (Å²) < 4.78 is 10.8. The first-order valence-electron chi connectivity index (χ1n) is 8.12. The summed E-state index contributed by atoms with van der Waals surface area (Å²) in [7, 11) is 0. The van der Waals surface area contributed by atoms with Crippen molar-refractivity contribution in [2.45, 2.75) is 25.9 Å². The van der Waals surface area contributed by atoms with Crippen LogP contribution in [0.25, 0.3) is 0 Å². The highest BCUT2D eigenvalue weighted by Gasteiger charge is 2.25. The van der Waals surface area contributed by atoms with Gasteiger partial charge in [-0.1, -0.05) is 0 Å². The van der Waals surface area contributed by atoms with Gasteiger partial charge in [0.15, 0.2) is 0 Å². The van der Waals surface area contributed by atoms with Crippen LogP contribution >= 0.6 is 0 Å². The Bertz CT molecular complexity index is 726. The first-order valence-corrected chi connectivity index (χ1v) is 8.12. The molecule has 1 saturated heterocycles. The molecule has 3 rings (SSSR count). The number of carbonyl (C=O) groups is 2. The fourth-order valence-electron chi connectivity index (χ4n) is 2.71. The molecule has 1 amide bonds. The number of amides is 1. The van der Waals surface area contributed by atoms with E-state index in [9.17, 15) is 9.59 Å². The van der Waals surface area contributed by atoms with E-state index in [2.05, 4.69) is 9.97 Å². The first kappa shape index (κ1) is 16.9. The Balaban J connectivity index is 1.53. The van der Waals surface area contributed by atoms with Crippen LogP contribution in [0.4, 0.5) is 0 Å². The van der Waals surface area contributed by atoms with Gasteiger partial charge in [0.25, 0.3) is 5.91 Å². The Hall–Kier alpha value is -2.96. The summed E-state index contributed by atoms with van der Waals surface area (Å²) in [6, 6.07) is 8.32. The lowest BCUT2D eigenvalue weighted by Gasteiger charge is -2.32. The number of rotatable bonds is 4. The van der Waals surface area contributed by atoms with Gasteiger partial charge in [-0.3, -0.25) is 9.59 Å². The number of hydrogen-bond acceptors (Lipinski definition) is 6. The fourth-order valence-corrected chi connectivity index (χ4v) is 2.71. The van der Waals surface area contributed by atoms with Gasteiger partial charge in [-0.05, 0) is 24.3 Å². The van der Waals surface area contributed by atoms with Crippen LogP contribution in [-0.4, -0.2) is 45.9 Å². The lowest BCUT2D eigenvalue weighted by atomic mass is 10.1. The molecule has 1 aliphatic heterocycles. The third-order valence-corrected chi connectivity index (χ3v) is 3.93. The van der Waals surface area contributed by atoms with E-state index in [1.54, 1.807) is 41.4 Å². The molecular formula is C18H19N3O4. The third kappa shape index (κ3) is 4.53. The quantitative estimate of drug-likeness (QED) is 0.626. The Labute approximate surface area is 145 Å². The molecule has 2 aromatic rings. The number of ether oxygens (including phenoxy) is 2. The van der Waals surface area contributed by atoms with Crippen molar-refractivity contribution in [3.63, 3.8) is 0 Å². The summed E-state index contributed by atoms with van der Waals surface area (Å²) in [5, 5.41) is 0. The molecule has 0 radical (unpaired) electrons. The number of aromatic nitrogens is 2. The topological polar surface area (TPSA) is 81.6 Å². The van der Waals surface area contributed by atoms with Crippen LogP contribution < -0.4 is 9.47 Å². The normalized spacial score (nSPS) is 14.8. The third-order valence-electron chi connectivity index (χ3n) is 3.93. The van der Waals surface area contributed by atoms with E-state index in [1.165, 1.54) is 13.3 Å². The van der Waals surface area contributed by atoms with E-state index < -0.39 is 0 Å². The van der Waals surface area contributed by atoms with Crippen molar-refractivity contribution in [2.75, 3.05) is 13.1 Å². The molecule has 1 fully saturated rings. The molecule has 1 aliphatic rings. The summed E-state index contributed by atoms with van der Waals surface area (Å²) in [6.45, 7) is 2.59. The van der Waals surface area contributed by atoms with Crippen LogP contribution in [0.3, 0.4) is 0 Å². The summed E-state index contributed by atoms with van der Waals surface area (Å²) in [4.78, 5) is 33.2. The standard InChI is InChI=1S/C18H19N3O4/c1-13(22)24-15-4-2-14(3-5-15)18(23)21-10-7-16(8-11-21)25-17-6-9-19-12-20-17/h2-6,9,12,16H,7-8,10-11H2,1H3. The van der Waals surface area contributed by atoms with Crippen molar-refractivity contribution in [3.8, 4) is 11.6 Å². The lowest BCUT2D eigenvalue weighted by molar-refractivity contribution is -0.131. The SMILES string of the molecule is CC(=O)Oc1ccc(C(=O)N2CCC(Oc3ccncn3)CC2)cc1. The summed E-state index contributed by atoms with van der Waals surface area (Å²) in [5.74, 6) is 0.571. The summed E-state index contributed by atoms with van der Waals surface area (Å²) in [6.07, 6.45) is 4.64. The van der Waals surface area contributed by atoms with Crippen LogP contribution in [0.2, 0.25) is 0 Å². The Morgan fingerprint density at radius 2 is 1.84 bits per heavy atom. The zero-order chi connectivity index (χ0) is 17.6. The maximum absolute atomic E-state index is 12.6. The van der Waals surface area contributed by atoms with Gasteiger partial charge in [-0.2, -0.15) is 0 Å². The average molecular weight is 341 g/mol. The molecule has 0 bridgehead atoms. The van der Waals surface area contributed by atoms with E-state index in [0.717, 1.165) is 12.8 Å². The molecule has 0 saturated carbocycles. The molecule has 7 nitrogen and oxygen atoms in total. The highest BCUT2D eigenvalue weighted by Crippen LogP contribution is 2.19. The Morgan fingerprint density at radius 1 is 1.12 bits per heavy atom. The Kier molecular flexibility index (Phi) is 5.23. The molecule has 130 valence electrons. The predicted molar refractivity (Wildman–Crippen MR) is 89.3 cm³/mol. The van der Waals surface area contributed by atoms with Crippen molar-refractivity contribution in [2.24, 2.45) is 0 Å². The fraction of sp³-hybridized carbons (Fsp3) is 0.333. The number of nitrogens with zero attached hydrogens (tertiary/aromatic N) is 3. The highest BCUT2D eigenvalue weighted by atomic mass is 16.5. The molecule has 0 spiro atoms. The van der Waals surface area contributed by atoms with Gasteiger partial charge in [-0.15, -0.1) is 0 Å². The van der Waals surface area contributed by atoms with Crippen molar-refractivity contribution in [3.05, 3.63) is 48.4 Å². The molecule has 0 N–H and O–H groups in total. The van der Waals surface area contributed by atoms with Crippen LogP contribution in [0, 0.1) is 0 Å². The maximum Gasteiger partial charge on any atom is 0.308 e. The van der Waals surface area contributed by atoms with Gasteiger partial charge in [0.1, 0.15) is 18.2 Å². The van der Waals surface area contributed by atoms with Crippen molar-refractivity contribution in [1.82, 2.24) is 14.9 Å². The lowest BCUT2D eigenvalue weighted by Crippen LogP contribution is -2.41. The van der Waals surface area contributed by atoms with Crippen LogP contribution in [-0.2, 0) is 4.79 Å².